The van der Waals surface area contributed by atoms with Crippen molar-refractivity contribution in [3.8, 4) is 10.6 Å². The molecule has 6 nitrogen and oxygen atoms in total. The van der Waals surface area contributed by atoms with Crippen LogP contribution in [-0.2, 0) is 11.2 Å². The van der Waals surface area contributed by atoms with Crippen molar-refractivity contribution in [2.75, 3.05) is 5.32 Å². The van der Waals surface area contributed by atoms with Gasteiger partial charge >= 0.3 is 0 Å². The molecule has 1 atom stereocenters. The molecule has 3 aromatic rings. The van der Waals surface area contributed by atoms with Crippen molar-refractivity contribution in [1.82, 2.24) is 15.5 Å². The highest BCUT2D eigenvalue weighted by Gasteiger charge is 2.18. The van der Waals surface area contributed by atoms with Crippen LogP contribution in [0.3, 0.4) is 0 Å². The molecule has 2 N–H and O–H groups in total. The molecule has 0 unspecified atom stereocenters. The number of aromatic nitrogens is 2. The number of benzene rings is 2. The molecule has 0 aliphatic carbocycles. The highest BCUT2D eigenvalue weighted by Crippen LogP contribution is 2.26. The highest BCUT2D eigenvalue weighted by molar-refractivity contribution is 7.18. The van der Waals surface area contributed by atoms with Gasteiger partial charge in [-0.05, 0) is 50.5 Å². The van der Waals surface area contributed by atoms with E-state index in [2.05, 4.69) is 27.8 Å². The molecule has 0 fully saturated rings. The summed E-state index contributed by atoms with van der Waals surface area (Å²) in [5.41, 5.74) is 3.83. The second-order valence-corrected chi connectivity index (χ2v) is 8.24. The van der Waals surface area contributed by atoms with Crippen LogP contribution in [-0.4, -0.2) is 28.1 Å². The van der Waals surface area contributed by atoms with Crippen molar-refractivity contribution in [3.05, 3.63) is 65.2 Å². The molecule has 0 bridgehead atoms. The van der Waals surface area contributed by atoms with Gasteiger partial charge in [0.15, 0.2) is 0 Å². The van der Waals surface area contributed by atoms with Crippen LogP contribution in [0.1, 0.15) is 48.2 Å². The quantitative estimate of drug-likeness (QED) is 0.555. The van der Waals surface area contributed by atoms with Gasteiger partial charge < -0.3 is 5.32 Å². The first-order valence-electron chi connectivity index (χ1n) is 10.1. The molecule has 2 aromatic carbocycles. The van der Waals surface area contributed by atoms with Crippen LogP contribution < -0.4 is 10.6 Å². The minimum atomic E-state index is -0.705. The Kier molecular flexibility index (Phi) is 7.30. The molecule has 0 spiro atoms. The zero-order chi connectivity index (χ0) is 21.5. The van der Waals surface area contributed by atoms with E-state index in [-0.39, 0.29) is 11.8 Å². The number of anilines is 1. The first-order chi connectivity index (χ1) is 14.5. The predicted molar refractivity (Wildman–Crippen MR) is 121 cm³/mol. The Morgan fingerprint density at radius 1 is 1.10 bits per heavy atom. The number of amides is 2. The van der Waals surface area contributed by atoms with E-state index >= 15 is 0 Å². The third kappa shape index (κ3) is 5.73. The number of carbonyl (C=O) groups excluding carboxylic acids is 2. The standard InChI is InChI=1S/C23H26N4O2S/c1-4-5-8-17-10-12-18(13-11-17)21(29)24-16(3)20(28)25-23-27-26-22(30-23)19-9-6-7-15(2)14-19/h6-7,9-14,16H,4-5,8H2,1-3H3,(H,24,29)(H,25,27,28)/t16-/m0/s1. The lowest BCUT2D eigenvalue weighted by Crippen LogP contribution is -2.41. The summed E-state index contributed by atoms with van der Waals surface area (Å²) < 4.78 is 0. The summed E-state index contributed by atoms with van der Waals surface area (Å²) in [6, 6.07) is 14.7. The van der Waals surface area contributed by atoms with Crippen LogP contribution in [0.2, 0.25) is 0 Å². The maximum Gasteiger partial charge on any atom is 0.251 e. The molecule has 1 aromatic heterocycles. The molecule has 0 saturated carbocycles. The minimum Gasteiger partial charge on any atom is -0.341 e. The van der Waals surface area contributed by atoms with Gasteiger partial charge in [-0.15, -0.1) is 10.2 Å². The number of rotatable bonds is 8. The molecule has 156 valence electrons. The number of hydrogen-bond acceptors (Lipinski definition) is 5. The SMILES string of the molecule is CCCCc1ccc(C(=O)N[C@@H](C)C(=O)Nc2nnc(-c3cccc(C)c3)s2)cc1. The van der Waals surface area contributed by atoms with E-state index in [1.165, 1.54) is 16.9 Å². The molecule has 7 heteroatoms. The summed E-state index contributed by atoms with van der Waals surface area (Å²) in [5.74, 6) is -0.618. The molecular formula is C23H26N4O2S. The third-order valence-corrected chi connectivity index (χ3v) is 5.58. The van der Waals surface area contributed by atoms with Gasteiger partial charge in [0.25, 0.3) is 5.91 Å². The summed E-state index contributed by atoms with van der Waals surface area (Å²) in [7, 11) is 0. The normalized spacial score (nSPS) is 11.7. The molecule has 0 saturated heterocycles. The Bertz CT molecular complexity index is 1010. The van der Waals surface area contributed by atoms with Gasteiger partial charge in [-0.2, -0.15) is 0 Å². The lowest BCUT2D eigenvalue weighted by atomic mass is 10.1. The fraction of sp³-hybridized carbons (Fsp3) is 0.304. The fourth-order valence-electron chi connectivity index (χ4n) is 2.93. The molecule has 1 heterocycles. The molecule has 3 rings (SSSR count). The van der Waals surface area contributed by atoms with Crippen LogP contribution in [0.4, 0.5) is 5.13 Å². The summed E-state index contributed by atoms with van der Waals surface area (Å²) in [5, 5.41) is 14.8. The molecule has 30 heavy (non-hydrogen) atoms. The van der Waals surface area contributed by atoms with Gasteiger partial charge in [-0.25, -0.2) is 0 Å². The fourth-order valence-corrected chi connectivity index (χ4v) is 3.67. The lowest BCUT2D eigenvalue weighted by molar-refractivity contribution is -0.117. The molecule has 2 amide bonds. The van der Waals surface area contributed by atoms with E-state index in [0.29, 0.717) is 10.7 Å². The van der Waals surface area contributed by atoms with Crippen LogP contribution >= 0.6 is 11.3 Å². The highest BCUT2D eigenvalue weighted by atomic mass is 32.1. The van der Waals surface area contributed by atoms with Gasteiger partial charge in [0.2, 0.25) is 11.0 Å². The topological polar surface area (TPSA) is 84.0 Å². The number of nitrogens with zero attached hydrogens (tertiary/aromatic N) is 2. The van der Waals surface area contributed by atoms with Crippen molar-refractivity contribution >= 4 is 28.3 Å². The Labute approximate surface area is 180 Å². The maximum absolute atomic E-state index is 12.5. The molecule has 0 aliphatic heterocycles. The van der Waals surface area contributed by atoms with Crippen LogP contribution in [0.25, 0.3) is 10.6 Å². The largest absolute Gasteiger partial charge is 0.341 e. The second kappa shape index (κ2) is 10.1. The molecule has 0 radical (unpaired) electrons. The zero-order valence-corrected chi connectivity index (χ0v) is 18.3. The van der Waals surface area contributed by atoms with E-state index in [1.807, 2.05) is 43.3 Å². The average Bonchev–Trinajstić information content (AvgIpc) is 3.21. The summed E-state index contributed by atoms with van der Waals surface area (Å²) >= 11 is 1.30. The second-order valence-electron chi connectivity index (χ2n) is 7.27. The smallest absolute Gasteiger partial charge is 0.251 e. The van der Waals surface area contributed by atoms with Gasteiger partial charge in [0.05, 0.1) is 0 Å². The van der Waals surface area contributed by atoms with Crippen LogP contribution in [0.15, 0.2) is 48.5 Å². The summed E-state index contributed by atoms with van der Waals surface area (Å²) in [6.07, 6.45) is 3.26. The van der Waals surface area contributed by atoms with Crippen molar-refractivity contribution in [2.24, 2.45) is 0 Å². The van der Waals surface area contributed by atoms with Crippen molar-refractivity contribution < 1.29 is 9.59 Å². The maximum atomic E-state index is 12.5. The predicted octanol–water partition coefficient (Wildman–Crippen LogP) is 4.61. The lowest BCUT2D eigenvalue weighted by Gasteiger charge is -2.13. The van der Waals surface area contributed by atoms with Crippen molar-refractivity contribution in [2.45, 2.75) is 46.1 Å². The number of unbranched alkanes of at least 4 members (excludes halogenated alkanes) is 1. The summed E-state index contributed by atoms with van der Waals surface area (Å²) in [6.45, 7) is 5.81. The number of hydrogen-bond donors (Lipinski definition) is 2. The molecular weight excluding hydrogens is 396 g/mol. The molecule has 0 aliphatic rings. The van der Waals surface area contributed by atoms with Crippen LogP contribution in [0.5, 0.6) is 0 Å². The first-order valence-corrected chi connectivity index (χ1v) is 10.9. The van der Waals surface area contributed by atoms with Gasteiger partial charge in [0, 0.05) is 11.1 Å². The Morgan fingerprint density at radius 2 is 1.87 bits per heavy atom. The van der Waals surface area contributed by atoms with E-state index in [4.69, 9.17) is 0 Å². The van der Waals surface area contributed by atoms with Gasteiger partial charge in [0.1, 0.15) is 11.0 Å². The zero-order valence-electron chi connectivity index (χ0n) is 17.4. The first kappa shape index (κ1) is 21.6. The average molecular weight is 423 g/mol. The van der Waals surface area contributed by atoms with E-state index in [9.17, 15) is 9.59 Å². The third-order valence-electron chi connectivity index (χ3n) is 4.70. The van der Waals surface area contributed by atoms with E-state index in [1.54, 1.807) is 19.1 Å². The van der Waals surface area contributed by atoms with E-state index in [0.717, 1.165) is 35.4 Å². The number of carbonyl (C=O) groups is 2. The van der Waals surface area contributed by atoms with Crippen molar-refractivity contribution in [3.63, 3.8) is 0 Å². The van der Waals surface area contributed by atoms with Crippen molar-refractivity contribution in [1.29, 1.82) is 0 Å². The summed E-state index contributed by atoms with van der Waals surface area (Å²) in [4.78, 5) is 24.9. The minimum absolute atomic E-state index is 0.280. The van der Waals surface area contributed by atoms with Gasteiger partial charge in [-0.1, -0.05) is 60.6 Å². The van der Waals surface area contributed by atoms with E-state index < -0.39 is 6.04 Å². The number of nitrogens with one attached hydrogen (secondary N) is 2. The number of aryl methyl sites for hydroxylation is 2. The van der Waals surface area contributed by atoms with Gasteiger partial charge in [-0.3, -0.25) is 14.9 Å². The Hall–Kier alpha value is -3.06. The Balaban J connectivity index is 1.56. The monoisotopic (exact) mass is 422 g/mol. The Morgan fingerprint density at radius 3 is 2.57 bits per heavy atom. The van der Waals surface area contributed by atoms with Crippen LogP contribution in [0, 0.1) is 6.92 Å².